The number of ketones is 1. The molecule has 1 aromatic rings. The average Bonchev–Trinajstić information content (AvgIpc) is 2.86. The zero-order chi connectivity index (χ0) is 16.2. The third-order valence-electron chi connectivity index (χ3n) is 4.27. The van der Waals surface area contributed by atoms with Crippen LogP contribution in [0, 0.1) is 0 Å². The number of rotatable bonds is 2. The molecule has 2 fully saturated rings. The van der Waals surface area contributed by atoms with Crippen LogP contribution in [0.1, 0.15) is 36.0 Å². The van der Waals surface area contributed by atoms with Gasteiger partial charge >= 0.3 is 5.97 Å². The fourth-order valence-corrected chi connectivity index (χ4v) is 4.47. The number of hydrogen-bond donors (Lipinski definition) is 0. The summed E-state index contributed by atoms with van der Waals surface area (Å²) in [6, 6.07) is 9.42. The summed E-state index contributed by atoms with van der Waals surface area (Å²) in [4.78, 5) is 26.5. The smallest absolute Gasteiger partial charge is 0.305 e. The highest BCUT2D eigenvalue weighted by molar-refractivity contribution is 8.01. The minimum Gasteiger partial charge on any atom is -0.466 e. The highest BCUT2D eigenvalue weighted by Gasteiger charge is 2.39. The summed E-state index contributed by atoms with van der Waals surface area (Å²) < 4.78 is 5.26. The quantitative estimate of drug-likeness (QED) is 0.615. The van der Waals surface area contributed by atoms with Crippen molar-refractivity contribution in [1.29, 1.82) is 0 Å². The van der Waals surface area contributed by atoms with Crippen LogP contribution in [0.2, 0.25) is 0 Å². The minimum atomic E-state index is -0.218. The van der Waals surface area contributed by atoms with E-state index in [9.17, 15) is 9.59 Å². The van der Waals surface area contributed by atoms with Gasteiger partial charge in [0.25, 0.3) is 0 Å². The molecule has 4 nitrogen and oxygen atoms in total. The van der Waals surface area contributed by atoms with Crippen molar-refractivity contribution >= 4 is 23.5 Å². The van der Waals surface area contributed by atoms with E-state index < -0.39 is 0 Å². The maximum Gasteiger partial charge on any atom is 0.305 e. The zero-order valence-corrected chi connectivity index (χ0v) is 13.9. The number of carbonyl (C=O) groups excluding carboxylic acids is 2. The van der Waals surface area contributed by atoms with Gasteiger partial charge in [-0.05, 0) is 19.3 Å². The number of hydrogen-bond acceptors (Lipinski definition) is 5. The fraction of sp³-hybridized carbons (Fsp3) is 0.444. The van der Waals surface area contributed by atoms with Crippen LogP contribution in [0.5, 0.6) is 0 Å². The van der Waals surface area contributed by atoms with E-state index in [-0.39, 0.29) is 22.4 Å². The van der Waals surface area contributed by atoms with Crippen LogP contribution in [0.25, 0.3) is 0 Å². The second-order valence-electron chi connectivity index (χ2n) is 5.86. The molecule has 5 heteroatoms. The van der Waals surface area contributed by atoms with Crippen LogP contribution in [-0.4, -0.2) is 40.4 Å². The van der Waals surface area contributed by atoms with Crippen molar-refractivity contribution < 1.29 is 14.3 Å². The lowest BCUT2D eigenvalue weighted by atomic mass is 10.1. The van der Waals surface area contributed by atoms with E-state index in [1.54, 1.807) is 11.8 Å². The zero-order valence-electron chi connectivity index (χ0n) is 13.1. The van der Waals surface area contributed by atoms with Gasteiger partial charge in [0.05, 0.1) is 6.61 Å². The first-order valence-electron chi connectivity index (χ1n) is 8.02. The second-order valence-corrected chi connectivity index (χ2v) is 7.15. The normalized spacial score (nSPS) is 25.7. The molecule has 2 saturated heterocycles. The van der Waals surface area contributed by atoms with Crippen LogP contribution in [-0.2, 0) is 9.53 Å². The molecule has 1 aromatic carbocycles. The third-order valence-corrected chi connectivity index (χ3v) is 5.84. The predicted molar refractivity (Wildman–Crippen MR) is 91.2 cm³/mol. The second kappa shape index (κ2) is 7.21. The van der Waals surface area contributed by atoms with Gasteiger partial charge in [-0.3, -0.25) is 9.59 Å². The summed E-state index contributed by atoms with van der Waals surface area (Å²) >= 11 is 1.63. The van der Waals surface area contributed by atoms with Gasteiger partial charge in [0.15, 0.2) is 5.78 Å². The van der Waals surface area contributed by atoms with Gasteiger partial charge in [0.1, 0.15) is 5.37 Å². The minimum absolute atomic E-state index is 0.120. The average molecular weight is 331 g/mol. The number of cyclic esters (lactones) is 1. The summed E-state index contributed by atoms with van der Waals surface area (Å²) in [5, 5.41) is -0.0800. The van der Waals surface area contributed by atoms with Gasteiger partial charge in [0, 0.05) is 29.5 Å². The highest BCUT2D eigenvalue weighted by Crippen LogP contribution is 2.41. The largest absolute Gasteiger partial charge is 0.466 e. The van der Waals surface area contributed by atoms with Crippen molar-refractivity contribution in [2.75, 3.05) is 13.2 Å². The molecule has 0 N–H and O–H groups in total. The lowest BCUT2D eigenvalue weighted by Crippen LogP contribution is -2.34. The van der Waals surface area contributed by atoms with E-state index in [2.05, 4.69) is 11.5 Å². The van der Waals surface area contributed by atoms with Gasteiger partial charge < -0.3 is 9.64 Å². The predicted octanol–water partition coefficient (Wildman–Crippen LogP) is 3.24. The lowest BCUT2D eigenvalue weighted by molar-refractivity contribution is -0.143. The molecule has 0 saturated carbocycles. The van der Waals surface area contributed by atoms with E-state index in [0.29, 0.717) is 19.4 Å². The molecule has 0 radical (unpaired) electrons. The Morgan fingerprint density at radius 3 is 2.83 bits per heavy atom. The number of nitrogens with zero attached hydrogens (tertiary/aromatic N) is 1. The molecule has 2 atom stereocenters. The van der Waals surface area contributed by atoms with Crippen molar-refractivity contribution in [2.45, 2.75) is 36.3 Å². The van der Waals surface area contributed by atoms with Gasteiger partial charge in [-0.1, -0.05) is 36.9 Å². The highest BCUT2D eigenvalue weighted by atomic mass is 32.2. The Kier molecular flexibility index (Phi) is 5.06. The third kappa shape index (κ3) is 3.61. The summed E-state index contributed by atoms with van der Waals surface area (Å²) in [7, 11) is 0. The molecule has 2 aliphatic rings. The number of Topliss-reactive ketones (excluding diaryl/α,β-unsaturated/α-hetero) is 1. The van der Waals surface area contributed by atoms with E-state index >= 15 is 0 Å². The first-order chi connectivity index (χ1) is 11.2. The molecule has 2 aliphatic heterocycles. The van der Waals surface area contributed by atoms with E-state index in [4.69, 9.17) is 4.74 Å². The van der Waals surface area contributed by atoms with Crippen molar-refractivity contribution in [3.63, 3.8) is 0 Å². The number of esters is 1. The Bertz CT molecular complexity index is 602. The van der Waals surface area contributed by atoms with Gasteiger partial charge in [-0.15, -0.1) is 11.8 Å². The van der Waals surface area contributed by atoms with E-state index in [0.717, 1.165) is 30.6 Å². The van der Waals surface area contributed by atoms with Gasteiger partial charge in [0.2, 0.25) is 0 Å². The van der Waals surface area contributed by atoms with Crippen molar-refractivity contribution in [1.82, 2.24) is 4.90 Å². The number of ether oxygens (including phenoxy) is 1. The Morgan fingerprint density at radius 1 is 1.26 bits per heavy atom. The van der Waals surface area contributed by atoms with Crippen molar-refractivity contribution in [3.8, 4) is 0 Å². The summed E-state index contributed by atoms with van der Waals surface area (Å²) in [6.07, 6.45) is 2.81. The maximum absolute atomic E-state index is 12.9. The maximum atomic E-state index is 12.9. The number of thioether (sulfide) groups is 1. The van der Waals surface area contributed by atoms with E-state index in [1.165, 1.54) is 0 Å². The molecule has 23 heavy (non-hydrogen) atoms. The molecular weight excluding hydrogens is 310 g/mol. The monoisotopic (exact) mass is 331 g/mol. The summed E-state index contributed by atoms with van der Waals surface area (Å²) in [5.41, 5.74) is 1.73. The van der Waals surface area contributed by atoms with Crippen LogP contribution in [0.3, 0.4) is 0 Å². The molecule has 2 unspecified atom stereocenters. The topological polar surface area (TPSA) is 46.6 Å². The number of benzene rings is 1. The molecule has 0 spiro atoms. The molecular formula is C18H21NO3S. The van der Waals surface area contributed by atoms with Gasteiger partial charge in [-0.2, -0.15) is 0 Å². The Labute approximate surface area is 140 Å². The number of fused-ring (bicyclic) bond motifs is 2. The van der Waals surface area contributed by atoms with Gasteiger partial charge in [-0.25, -0.2) is 0 Å². The van der Waals surface area contributed by atoms with Crippen molar-refractivity contribution in [2.24, 2.45) is 0 Å². The molecule has 2 bridgehead atoms. The standard InChI is InChI=1S/C18H21NO3S/c1-13-15-10-12-22-16(20)9-5-6-11-19(13)18(23-15)17(21)14-7-3-2-4-8-14/h2-4,7-8,15,18H,1,5-6,9-12H2. The van der Waals surface area contributed by atoms with E-state index in [1.807, 2.05) is 30.3 Å². The molecule has 0 aliphatic carbocycles. The molecule has 122 valence electrons. The fourth-order valence-electron chi connectivity index (χ4n) is 2.99. The Hall–Kier alpha value is -1.75. The van der Waals surface area contributed by atoms with Crippen LogP contribution in [0.4, 0.5) is 0 Å². The summed E-state index contributed by atoms with van der Waals surface area (Å²) in [6.45, 7) is 5.36. The van der Waals surface area contributed by atoms with Crippen LogP contribution in [0.15, 0.2) is 42.6 Å². The van der Waals surface area contributed by atoms with Crippen molar-refractivity contribution in [3.05, 3.63) is 48.2 Å². The lowest BCUT2D eigenvalue weighted by Gasteiger charge is -2.25. The Balaban J connectivity index is 1.78. The van der Waals surface area contributed by atoms with Crippen LogP contribution >= 0.6 is 11.8 Å². The first-order valence-corrected chi connectivity index (χ1v) is 8.97. The van der Waals surface area contributed by atoms with Crippen LogP contribution < -0.4 is 0 Å². The number of carbonyl (C=O) groups is 2. The Morgan fingerprint density at radius 2 is 2.04 bits per heavy atom. The SMILES string of the molecule is C=C1C2CCOC(=O)CCCCN1C(C(=O)c1ccccc1)S2. The molecule has 0 amide bonds. The molecule has 2 heterocycles. The summed E-state index contributed by atoms with van der Waals surface area (Å²) in [5.74, 6) is 0.0126. The molecule has 3 rings (SSSR count). The molecule has 0 aromatic heterocycles. The first kappa shape index (κ1) is 16.1.